The second kappa shape index (κ2) is 13.4. The van der Waals surface area contributed by atoms with Crippen LogP contribution in [0.4, 0.5) is 5.69 Å². The van der Waals surface area contributed by atoms with Gasteiger partial charge in [0.25, 0.3) is 15.9 Å². The van der Waals surface area contributed by atoms with E-state index in [1.165, 1.54) is 42.6 Å². The van der Waals surface area contributed by atoms with Crippen LogP contribution in [0.5, 0.6) is 11.5 Å². The number of nitrogens with one attached hydrogen (secondary N) is 2. The highest BCUT2D eigenvalue weighted by molar-refractivity contribution is 7.92. The van der Waals surface area contributed by atoms with Gasteiger partial charge in [-0.25, -0.2) is 18.6 Å². The monoisotopic (exact) mass is 627 g/mol. The van der Waals surface area contributed by atoms with Crippen LogP contribution in [0.2, 0.25) is 5.02 Å². The molecular formula is C33H26ClN3O6S. The minimum absolute atomic E-state index is 0.0154. The Hall–Kier alpha value is -5.19. The molecule has 1 amide bonds. The fourth-order valence-electron chi connectivity index (χ4n) is 4.31. The maximum Gasteiger partial charge on any atom is 0.343 e. The highest BCUT2D eigenvalue weighted by Crippen LogP contribution is 2.28. The predicted octanol–water partition coefficient (Wildman–Crippen LogP) is 6.68. The van der Waals surface area contributed by atoms with Crippen molar-refractivity contribution in [1.82, 2.24) is 5.43 Å². The van der Waals surface area contributed by atoms with Gasteiger partial charge in [-0.05, 0) is 84.4 Å². The molecular weight excluding hydrogens is 602 g/mol. The van der Waals surface area contributed by atoms with Crippen molar-refractivity contribution in [2.24, 2.45) is 5.10 Å². The molecule has 0 atom stereocenters. The van der Waals surface area contributed by atoms with Crippen molar-refractivity contribution in [2.45, 2.75) is 11.8 Å². The van der Waals surface area contributed by atoms with Crippen molar-refractivity contribution in [3.8, 4) is 11.5 Å². The summed E-state index contributed by atoms with van der Waals surface area (Å²) in [6.07, 6.45) is 1.38. The summed E-state index contributed by atoms with van der Waals surface area (Å²) in [6.45, 7) is 2.38. The minimum Gasteiger partial charge on any atom is -0.494 e. The number of carbonyl (C=O) groups excluding carboxylic acids is 2. The van der Waals surface area contributed by atoms with Gasteiger partial charge in [-0.1, -0.05) is 54.1 Å². The SMILES string of the molecule is CCOc1ccc(C(=O)Oc2ccc3ccccc3c2/C=N\NC(=O)c2ccccc2NS(=O)(=O)c2ccc(Cl)cc2)cc1. The van der Waals surface area contributed by atoms with Crippen LogP contribution in [0.15, 0.2) is 119 Å². The Morgan fingerprint density at radius 2 is 1.57 bits per heavy atom. The Balaban J connectivity index is 1.37. The van der Waals surface area contributed by atoms with Crippen LogP contribution in [0, 0.1) is 0 Å². The van der Waals surface area contributed by atoms with Gasteiger partial charge in [0.1, 0.15) is 11.5 Å². The van der Waals surface area contributed by atoms with E-state index in [4.69, 9.17) is 21.1 Å². The Bertz CT molecular complexity index is 1960. The number of halogens is 1. The summed E-state index contributed by atoms with van der Waals surface area (Å²) in [5.74, 6) is -0.373. The summed E-state index contributed by atoms with van der Waals surface area (Å²) in [5, 5.41) is 6.11. The first-order valence-electron chi connectivity index (χ1n) is 13.4. The van der Waals surface area contributed by atoms with E-state index in [-0.39, 0.29) is 21.9 Å². The molecule has 2 N–H and O–H groups in total. The molecule has 0 aliphatic heterocycles. The lowest BCUT2D eigenvalue weighted by atomic mass is 10.0. The second-order valence-electron chi connectivity index (χ2n) is 9.35. The number of rotatable bonds is 10. The van der Waals surface area contributed by atoms with Crippen molar-refractivity contribution in [3.05, 3.63) is 131 Å². The van der Waals surface area contributed by atoms with Gasteiger partial charge in [0.2, 0.25) is 0 Å². The quantitative estimate of drug-likeness (QED) is 0.0771. The number of carbonyl (C=O) groups is 2. The molecule has 5 aromatic carbocycles. The van der Waals surface area contributed by atoms with Gasteiger partial charge in [0.05, 0.1) is 34.5 Å². The number of hydrogen-bond donors (Lipinski definition) is 2. The van der Waals surface area contributed by atoms with E-state index in [9.17, 15) is 18.0 Å². The van der Waals surface area contributed by atoms with E-state index >= 15 is 0 Å². The van der Waals surface area contributed by atoms with Crippen molar-refractivity contribution < 1.29 is 27.5 Å². The molecule has 0 spiro atoms. The standard InChI is InChI=1S/C33H26ClN3O6S/c1-2-42-25-16-11-23(12-17-25)33(39)43-31-20-13-22-7-3-4-8-27(22)29(31)21-35-36-32(38)28-9-5-6-10-30(28)37-44(40,41)26-18-14-24(34)15-19-26/h3-21,37H,2H2,1H3,(H,36,38)/b35-21-. The molecule has 5 rings (SSSR count). The number of nitrogens with zero attached hydrogens (tertiary/aromatic N) is 1. The molecule has 0 saturated heterocycles. The summed E-state index contributed by atoms with van der Waals surface area (Å²) < 4.78 is 39.5. The molecule has 0 radical (unpaired) electrons. The van der Waals surface area contributed by atoms with E-state index in [2.05, 4.69) is 15.2 Å². The minimum atomic E-state index is -4.00. The Morgan fingerprint density at radius 1 is 0.864 bits per heavy atom. The van der Waals surface area contributed by atoms with Gasteiger partial charge in [0.15, 0.2) is 0 Å². The number of para-hydroxylation sites is 1. The molecule has 44 heavy (non-hydrogen) atoms. The first kappa shape index (κ1) is 30.3. The first-order chi connectivity index (χ1) is 21.2. The van der Waals surface area contributed by atoms with Gasteiger partial charge in [-0.2, -0.15) is 5.10 Å². The van der Waals surface area contributed by atoms with Crippen LogP contribution in [0.25, 0.3) is 10.8 Å². The Kier molecular flexibility index (Phi) is 9.23. The third-order valence-electron chi connectivity index (χ3n) is 6.43. The summed E-state index contributed by atoms with van der Waals surface area (Å²) in [4.78, 5) is 26.1. The van der Waals surface area contributed by atoms with Crippen LogP contribution in [-0.4, -0.2) is 33.1 Å². The van der Waals surface area contributed by atoms with Crippen molar-refractivity contribution >= 4 is 56.2 Å². The normalized spacial score (nSPS) is 11.3. The van der Waals surface area contributed by atoms with Crippen LogP contribution in [0.1, 0.15) is 33.2 Å². The second-order valence-corrected chi connectivity index (χ2v) is 11.5. The van der Waals surface area contributed by atoms with Gasteiger partial charge in [-0.3, -0.25) is 9.52 Å². The van der Waals surface area contributed by atoms with Crippen LogP contribution >= 0.6 is 11.6 Å². The van der Waals surface area contributed by atoms with Crippen molar-refractivity contribution in [2.75, 3.05) is 11.3 Å². The number of hydrogen-bond acceptors (Lipinski definition) is 7. The molecule has 0 aliphatic rings. The number of anilines is 1. The van der Waals surface area contributed by atoms with Crippen molar-refractivity contribution in [1.29, 1.82) is 0 Å². The number of ether oxygens (including phenoxy) is 2. The molecule has 0 heterocycles. The largest absolute Gasteiger partial charge is 0.494 e. The van der Waals surface area contributed by atoms with E-state index < -0.39 is 21.9 Å². The summed E-state index contributed by atoms with van der Waals surface area (Å²) in [6, 6.07) is 29.3. The molecule has 5 aromatic rings. The number of fused-ring (bicyclic) bond motifs is 1. The average Bonchev–Trinajstić information content (AvgIpc) is 3.02. The molecule has 9 nitrogen and oxygen atoms in total. The first-order valence-corrected chi connectivity index (χ1v) is 15.3. The lowest BCUT2D eigenvalue weighted by Crippen LogP contribution is -2.21. The molecule has 0 unspecified atom stereocenters. The predicted molar refractivity (Wildman–Crippen MR) is 170 cm³/mol. The van der Waals surface area contributed by atoms with Gasteiger partial charge in [0, 0.05) is 10.6 Å². The molecule has 0 aromatic heterocycles. The Morgan fingerprint density at radius 3 is 2.32 bits per heavy atom. The molecule has 0 fully saturated rings. The summed E-state index contributed by atoms with van der Waals surface area (Å²) in [5.41, 5.74) is 3.33. The maximum atomic E-state index is 13.1. The number of amides is 1. The zero-order valence-corrected chi connectivity index (χ0v) is 24.9. The maximum absolute atomic E-state index is 13.1. The average molecular weight is 628 g/mol. The van der Waals surface area contributed by atoms with Gasteiger partial charge < -0.3 is 9.47 Å². The van der Waals surface area contributed by atoms with Crippen LogP contribution < -0.4 is 19.6 Å². The van der Waals surface area contributed by atoms with Crippen LogP contribution in [-0.2, 0) is 10.0 Å². The zero-order valence-electron chi connectivity index (χ0n) is 23.4. The number of benzene rings is 5. The molecule has 222 valence electrons. The van der Waals surface area contributed by atoms with E-state index in [0.29, 0.717) is 28.5 Å². The third-order valence-corrected chi connectivity index (χ3v) is 8.07. The number of esters is 1. The van der Waals surface area contributed by atoms with E-state index in [0.717, 1.165) is 10.8 Å². The summed E-state index contributed by atoms with van der Waals surface area (Å²) >= 11 is 5.88. The molecule has 11 heteroatoms. The van der Waals surface area contributed by atoms with Gasteiger partial charge in [-0.15, -0.1) is 0 Å². The fourth-order valence-corrected chi connectivity index (χ4v) is 5.52. The van der Waals surface area contributed by atoms with E-state index in [1.54, 1.807) is 42.5 Å². The molecule has 0 aliphatic carbocycles. The number of sulfonamides is 1. The number of hydrazone groups is 1. The smallest absolute Gasteiger partial charge is 0.343 e. The summed E-state index contributed by atoms with van der Waals surface area (Å²) in [7, 11) is -4.00. The van der Waals surface area contributed by atoms with Gasteiger partial charge >= 0.3 is 5.97 Å². The zero-order chi connectivity index (χ0) is 31.1. The fraction of sp³-hybridized carbons (Fsp3) is 0.0606. The van der Waals surface area contributed by atoms with E-state index in [1.807, 2.05) is 37.3 Å². The van der Waals surface area contributed by atoms with Crippen LogP contribution in [0.3, 0.4) is 0 Å². The highest BCUT2D eigenvalue weighted by Gasteiger charge is 2.19. The Labute approximate surface area is 259 Å². The highest BCUT2D eigenvalue weighted by atomic mass is 35.5. The lowest BCUT2D eigenvalue weighted by molar-refractivity contribution is 0.0734. The molecule has 0 bridgehead atoms. The topological polar surface area (TPSA) is 123 Å². The lowest BCUT2D eigenvalue weighted by Gasteiger charge is -2.12. The molecule has 0 saturated carbocycles. The van der Waals surface area contributed by atoms with Crippen molar-refractivity contribution in [3.63, 3.8) is 0 Å². The third kappa shape index (κ3) is 7.05.